The molecule has 26 heavy (non-hydrogen) atoms. The van der Waals surface area contributed by atoms with Gasteiger partial charge in [0, 0.05) is 18.9 Å². The monoisotopic (exact) mass is 422 g/mol. The lowest BCUT2D eigenvalue weighted by molar-refractivity contribution is -0.241. The summed E-state index contributed by atoms with van der Waals surface area (Å²) in [6.07, 6.45) is -5.70. The van der Waals surface area contributed by atoms with Gasteiger partial charge < -0.3 is 39.6 Å². The Hall–Kier alpha value is -1.18. The van der Waals surface area contributed by atoms with Gasteiger partial charge in [-0.3, -0.25) is 4.52 Å². The van der Waals surface area contributed by atoms with Gasteiger partial charge in [-0.25, -0.2) is 23.2 Å². The van der Waals surface area contributed by atoms with Crippen LogP contribution in [0, 0.1) is 0 Å². The van der Waals surface area contributed by atoms with Crippen LogP contribution in [0.4, 0.5) is 0 Å². The Morgan fingerprint density at radius 1 is 1.15 bits per heavy atom. The molecule has 0 saturated heterocycles. The van der Waals surface area contributed by atoms with Crippen LogP contribution in [0.25, 0.3) is 0 Å². The first-order valence-electron chi connectivity index (χ1n) is 6.57. The zero-order chi connectivity index (χ0) is 20.5. The van der Waals surface area contributed by atoms with E-state index in [2.05, 4.69) is 9.05 Å². The first kappa shape index (κ1) is 22.9. The van der Waals surface area contributed by atoms with E-state index >= 15 is 0 Å². The number of hydrogen-bond donors (Lipinski definition) is 7. The second-order valence-corrected chi connectivity index (χ2v) is 7.60. The van der Waals surface area contributed by atoms with E-state index in [0.717, 1.165) is 0 Å². The van der Waals surface area contributed by atoms with Crippen LogP contribution >= 0.6 is 15.6 Å². The van der Waals surface area contributed by atoms with Crippen LogP contribution < -0.4 is 0 Å². The Bertz CT molecular complexity index is 690. The van der Waals surface area contributed by atoms with Crippen molar-refractivity contribution in [2.24, 2.45) is 0 Å². The third kappa shape index (κ3) is 6.52. The molecule has 0 aliphatic heterocycles. The van der Waals surface area contributed by atoms with E-state index in [9.17, 15) is 23.8 Å². The topological polar surface area (TPSA) is 238 Å². The SMILES string of the molecule is CC(OC1CC(C(=O)O)=CC(OP(=O)(O)O)C1O)(OP(=O)(O)O)C(=O)O. The van der Waals surface area contributed by atoms with Gasteiger partial charge in [0.2, 0.25) is 0 Å². The number of carboxylic acid groups (broad SMARTS) is 2. The van der Waals surface area contributed by atoms with Gasteiger partial charge in [0.25, 0.3) is 5.79 Å². The molecule has 0 aromatic rings. The lowest BCUT2D eigenvalue weighted by atomic mass is 9.92. The highest BCUT2D eigenvalue weighted by atomic mass is 31.2. The molecule has 0 radical (unpaired) electrons. The van der Waals surface area contributed by atoms with E-state index in [0.29, 0.717) is 13.0 Å². The Morgan fingerprint density at radius 2 is 1.69 bits per heavy atom. The molecule has 1 rings (SSSR count). The molecule has 1 aliphatic rings. The summed E-state index contributed by atoms with van der Waals surface area (Å²) in [5.74, 6) is -6.62. The standard InChI is InChI=1S/C10H16O14P2/c1-10(9(14)15,24-26(19,20)21)22-5-2-4(8(12)13)3-6(7(5)11)23-25(16,17)18/h3,5-7,11H,2H2,1H3,(H,12,13)(H,14,15)(H2,16,17,18)(H2,19,20,21). The zero-order valence-electron chi connectivity index (χ0n) is 12.9. The van der Waals surface area contributed by atoms with E-state index in [-0.39, 0.29) is 0 Å². The first-order chi connectivity index (χ1) is 11.5. The highest BCUT2D eigenvalue weighted by Gasteiger charge is 2.48. The van der Waals surface area contributed by atoms with Crippen LogP contribution in [-0.2, 0) is 32.5 Å². The zero-order valence-corrected chi connectivity index (χ0v) is 14.7. The summed E-state index contributed by atoms with van der Waals surface area (Å²) in [5, 5.41) is 28.2. The third-order valence-corrected chi connectivity index (χ3v) is 4.20. The van der Waals surface area contributed by atoms with Gasteiger partial charge in [-0.05, 0) is 6.08 Å². The fourth-order valence-corrected chi connectivity index (χ4v) is 3.14. The van der Waals surface area contributed by atoms with E-state index in [1.165, 1.54) is 0 Å². The molecule has 0 saturated carbocycles. The molecule has 0 heterocycles. The number of phosphoric ester groups is 2. The van der Waals surface area contributed by atoms with Crippen molar-refractivity contribution in [1.82, 2.24) is 0 Å². The number of phosphoric acid groups is 2. The molecule has 0 bridgehead atoms. The fraction of sp³-hybridized carbons (Fsp3) is 0.600. The average molecular weight is 422 g/mol. The Labute approximate surface area is 145 Å². The maximum absolute atomic E-state index is 11.2. The first-order valence-corrected chi connectivity index (χ1v) is 9.63. The molecule has 4 atom stereocenters. The summed E-state index contributed by atoms with van der Waals surface area (Å²) in [5.41, 5.74) is -0.553. The highest BCUT2D eigenvalue weighted by molar-refractivity contribution is 7.46. The van der Waals surface area contributed by atoms with Crippen molar-refractivity contribution in [3.8, 4) is 0 Å². The Balaban J connectivity index is 3.19. The van der Waals surface area contributed by atoms with E-state index in [4.69, 9.17) is 34.5 Å². The van der Waals surface area contributed by atoms with Gasteiger partial charge in [-0.15, -0.1) is 0 Å². The molecule has 14 nitrogen and oxygen atoms in total. The van der Waals surface area contributed by atoms with Crippen LogP contribution in [0.1, 0.15) is 13.3 Å². The number of rotatable bonds is 8. The highest BCUT2D eigenvalue weighted by Crippen LogP contribution is 2.44. The average Bonchev–Trinajstić information content (AvgIpc) is 2.39. The van der Waals surface area contributed by atoms with Gasteiger partial charge in [0.1, 0.15) is 12.2 Å². The number of carbonyl (C=O) groups is 2. The third-order valence-electron chi connectivity index (χ3n) is 3.10. The minimum atomic E-state index is -5.39. The van der Waals surface area contributed by atoms with E-state index in [1.54, 1.807) is 0 Å². The van der Waals surface area contributed by atoms with Gasteiger partial charge in [-0.2, -0.15) is 0 Å². The summed E-state index contributed by atoms with van der Waals surface area (Å²) in [6.45, 7) is 0.582. The summed E-state index contributed by atoms with van der Waals surface area (Å²) in [4.78, 5) is 57.6. The van der Waals surface area contributed by atoms with Gasteiger partial charge in [-0.1, -0.05) is 0 Å². The predicted octanol–water partition coefficient (Wildman–Crippen LogP) is -1.46. The molecule has 0 fully saturated rings. The van der Waals surface area contributed by atoms with Crippen molar-refractivity contribution in [3.05, 3.63) is 11.6 Å². The van der Waals surface area contributed by atoms with Crippen molar-refractivity contribution >= 4 is 27.6 Å². The van der Waals surface area contributed by atoms with Gasteiger partial charge >= 0.3 is 27.6 Å². The number of aliphatic hydroxyl groups is 1. The minimum absolute atomic E-state index is 0.553. The van der Waals surface area contributed by atoms with Crippen LogP contribution in [-0.4, -0.2) is 70.9 Å². The van der Waals surface area contributed by atoms with Gasteiger partial charge in [0.15, 0.2) is 0 Å². The lowest BCUT2D eigenvalue weighted by Crippen LogP contribution is -2.51. The van der Waals surface area contributed by atoms with Crippen molar-refractivity contribution in [3.63, 3.8) is 0 Å². The molecule has 4 unspecified atom stereocenters. The maximum Gasteiger partial charge on any atom is 0.472 e. The summed E-state index contributed by atoms with van der Waals surface area (Å²) in [6, 6.07) is 0. The number of aliphatic carboxylic acids is 2. The number of carboxylic acids is 2. The second-order valence-electron chi connectivity index (χ2n) is 5.24. The number of hydrogen-bond acceptors (Lipinski definition) is 8. The van der Waals surface area contributed by atoms with Crippen molar-refractivity contribution in [2.45, 2.75) is 37.4 Å². The summed E-state index contributed by atoms with van der Waals surface area (Å²) in [7, 11) is -10.6. The summed E-state index contributed by atoms with van der Waals surface area (Å²) < 4.78 is 35.0. The van der Waals surface area contributed by atoms with Crippen LogP contribution in [0.5, 0.6) is 0 Å². The molecule has 16 heteroatoms. The molecule has 7 N–H and O–H groups in total. The molecule has 0 aromatic carbocycles. The largest absolute Gasteiger partial charge is 0.478 e. The van der Waals surface area contributed by atoms with Crippen LogP contribution in [0.3, 0.4) is 0 Å². The molecule has 0 aromatic heterocycles. The van der Waals surface area contributed by atoms with E-state index < -0.39 is 63.7 Å². The predicted molar refractivity (Wildman–Crippen MR) is 77.3 cm³/mol. The Kier molecular flexibility index (Phi) is 6.88. The van der Waals surface area contributed by atoms with Crippen LogP contribution in [0.2, 0.25) is 0 Å². The number of aliphatic hydroxyl groups excluding tert-OH is 1. The second kappa shape index (κ2) is 7.82. The molecule has 1 aliphatic carbocycles. The molecule has 0 spiro atoms. The fourth-order valence-electron chi connectivity index (χ4n) is 2.06. The van der Waals surface area contributed by atoms with Gasteiger partial charge in [0.05, 0.1) is 6.10 Å². The van der Waals surface area contributed by atoms with Crippen molar-refractivity contribution < 1.29 is 67.4 Å². The lowest BCUT2D eigenvalue weighted by Gasteiger charge is -2.37. The maximum atomic E-state index is 11.2. The molecule has 0 amide bonds. The van der Waals surface area contributed by atoms with Crippen molar-refractivity contribution in [2.75, 3.05) is 0 Å². The Morgan fingerprint density at radius 3 is 2.08 bits per heavy atom. The molecule has 150 valence electrons. The normalized spacial score (nSPS) is 26.7. The van der Waals surface area contributed by atoms with E-state index in [1.807, 2.05) is 0 Å². The minimum Gasteiger partial charge on any atom is -0.478 e. The smallest absolute Gasteiger partial charge is 0.472 e. The number of ether oxygens (including phenoxy) is 1. The van der Waals surface area contributed by atoms with Crippen LogP contribution in [0.15, 0.2) is 11.6 Å². The molecular formula is C10H16O14P2. The quantitative estimate of drug-likeness (QED) is 0.175. The molecular weight excluding hydrogens is 406 g/mol. The van der Waals surface area contributed by atoms with Crippen molar-refractivity contribution in [1.29, 1.82) is 0 Å². The summed E-state index contributed by atoms with van der Waals surface area (Å²) >= 11 is 0.